The number of ether oxygens (including phenoxy) is 2. The Kier molecular flexibility index (Phi) is 5.80. The van der Waals surface area contributed by atoms with E-state index in [4.69, 9.17) is 14.5 Å². The number of nitrogens with one attached hydrogen (secondary N) is 2. The minimum atomic E-state index is -0.904. The van der Waals surface area contributed by atoms with Gasteiger partial charge in [-0.25, -0.2) is 4.98 Å². The van der Waals surface area contributed by atoms with E-state index in [1.807, 2.05) is 6.20 Å². The van der Waals surface area contributed by atoms with E-state index in [0.29, 0.717) is 13.0 Å². The van der Waals surface area contributed by atoms with Crippen LogP contribution in [0.4, 0.5) is 5.13 Å². The van der Waals surface area contributed by atoms with Crippen LogP contribution in [0.5, 0.6) is 0 Å². The summed E-state index contributed by atoms with van der Waals surface area (Å²) in [5.74, 6) is -0.0181. The monoisotopic (exact) mass is 742 g/mol. The summed E-state index contributed by atoms with van der Waals surface area (Å²) < 4.78 is 19.7. The summed E-state index contributed by atoms with van der Waals surface area (Å²) in [4.78, 5) is 25.5. The van der Waals surface area contributed by atoms with E-state index in [1.165, 1.54) is 0 Å². The van der Waals surface area contributed by atoms with Gasteiger partial charge in [0, 0.05) is 82.0 Å². The highest BCUT2D eigenvalue weighted by molar-refractivity contribution is 9.10. The number of rotatable bonds is 4. The van der Waals surface area contributed by atoms with Crippen LogP contribution in [-0.2, 0) is 21.7 Å². The molecule has 3 aliphatic heterocycles. The Hall–Kier alpha value is -4.68. The topological polar surface area (TPSA) is 89.3 Å². The Labute approximate surface area is 298 Å². The Balaban J connectivity index is 1.16. The number of likely N-dealkylation sites (N-methyl/N-ethyl adjacent to an activating group) is 1. The molecule has 0 radical (unpaired) electrons. The minimum absolute atomic E-state index is 0.0181. The molecule has 4 aromatic heterocycles. The van der Waals surface area contributed by atoms with Crippen molar-refractivity contribution in [1.29, 1.82) is 0 Å². The summed E-state index contributed by atoms with van der Waals surface area (Å²) in [6.45, 7) is 2.67. The number of carbonyl (C=O) groups is 1. The first-order chi connectivity index (χ1) is 24.4. The number of nitrogens with zero attached hydrogens (tertiary/aromatic N) is 4. The molecule has 8 aromatic rings. The number of benzene rings is 4. The molecule has 11 heteroatoms. The first-order valence-corrected chi connectivity index (χ1v) is 18.4. The van der Waals surface area contributed by atoms with Crippen LogP contribution < -0.4 is 10.2 Å². The smallest absolute Gasteiger partial charge is 0.252 e. The van der Waals surface area contributed by atoms with Gasteiger partial charge in [0.1, 0.15) is 12.3 Å². The predicted octanol–water partition coefficient (Wildman–Crippen LogP) is 8.64. The highest BCUT2D eigenvalue weighted by Crippen LogP contribution is 2.54. The summed E-state index contributed by atoms with van der Waals surface area (Å²) >= 11 is 5.33. The molecule has 0 saturated carbocycles. The van der Waals surface area contributed by atoms with Gasteiger partial charge in [0.05, 0.1) is 38.5 Å². The number of H-pyrrole nitrogens is 1. The number of methoxy groups -OCH3 is 1. The number of anilines is 1. The average molecular weight is 744 g/mol. The minimum Gasteiger partial charge on any atom is -0.374 e. The number of thiazole rings is 1. The SMILES string of the molecule is CO[C@@H]1[C@H](N(C)c2ncc(-c3c[nH]c4ccc(Br)cc34)s2)C[C@H]2O[C@]1(C)n1c3ccccc3c3c4c(c5c6ccccc6n2c5c31)C(=O)NC4. The molecule has 3 aliphatic rings. The quantitative estimate of drug-likeness (QED) is 0.189. The van der Waals surface area contributed by atoms with Crippen molar-refractivity contribution in [2.75, 3.05) is 19.1 Å². The molecule has 248 valence electrons. The van der Waals surface area contributed by atoms with Gasteiger partial charge in [-0.3, -0.25) is 4.79 Å². The number of carbonyl (C=O) groups excluding carboxylic acids is 1. The van der Waals surface area contributed by atoms with Crippen molar-refractivity contribution in [1.82, 2.24) is 24.4 Å². The zero-order valence-corrected chi connectivity index (χ0v) is 29.9. The molecular formula is C39H31BrN6O3S. The molecule has 2 N–H and O–H groups in total. The maximum absolute atomic E-state index is 13.7. The van der Waals surface area contributed by atoms with Crippen molar-refractivity contribution in [3.63, 3.8) is 0 Å². The Morgan fingerprint density at radius 3 is 2.64 bits per heavy atom. The fourth-order valence-corrected chi connectivity index (χ4v) is 10.7. The highest BCUT2D eigenvalue weighted by Gasteiger charge is 2.54. The van der Waals surface area contributed by atoms with Crippen molar-refractivity contribution in [2.45, 2.75) is 44.0 Å². The van der Waals surface area contributed by atoms with Crippen LogP contribution in [0.2, 0.25) is 0 Å². The summed E-state index contributed by atoms with van der Waals surface area (Å²) in [5.41, 5.74) is 7.40. The van der Waals surface area contributed by atoms with Gasteiger partial charge < -0.3 is 33.8 Å². The molecule has 7 heterocycles. The Morgan fingerprint density at radius 1 is 1.04 bits per heavy atom. The molecule has 11 rings (SSSR count). The number of hydrogen-bond acceptors (Lipinski definition) is 6. The standard InChI is InChI=1S/C39H31BrN6O3S/c1-39-36(48-3)28(44(2)38-43-18-29(50-38)23-16-41-25-13-12-19(40)14-22(23)25)15-30(49-39)45-26-10-6-4-8-20(26)32-33-24(17-42-37(33)47)31-21-9-5-7-11-27(21)46(39)35(31)34(32)45/h4-14,16,18,28,30,36,41H,15,17H2,1-3H3,(H,42,47)/t28-,30-,36-,39+/m1/s1. The average Bonchev–Trinajstić information content (AvgIpc) is 3.94. The highest BCUT2D eigenvalue weighted by atomic mass is 79.9. The molecule has 50 heavy (non-hydrogen) atoms. The van der Waals surface area contributed by atoms with E-state index < -0.39 is 5.72 Å². The molecule has 1 amide bonds. The van der Waals surface area contributed by atoms with Crippen LogP contribution in [0.25, 0.3) is 65.0 Å². The van der Waals surface area contributed by atoms with E-state index in [0.717, 1.165) is 85.7 Å². The van der Waals surface area contributed by atoms with E-state index in [1.54, 1.807) is 18.4 Å². The van der Waals surface area contributed by atoms with Crippen molar-refractivity contribution < 1.29 is 14.3 Å². The zero-order valence-electron chi connectivity index (χ0n) is 27.5. The normalized spacial score (nSPS) is 22.7. The van der Waals surface area contributed by atoms with Crippen LogP contribution in [0.15, 0.2) is 83.6 Å². The van der Waals surface area contributed by atoms with Gasteiger partial charge in [0.2, 0.25) is 0 Å². The van der Waals surface area contributed by atoms with Crippen LogP contribution in [0, 0.1) is 0 Å². The maximum atomic E-state index is 13.7. The first kappa shape index (κ1) is 29.1. The van der Waals surface area contributed by atoms with Gasteiger partial charge >= 0.3 is 0 Å². The summed E-state index contributed by atoms with van der Waals surface area (Å²) in [5, 5.41) is 9.51. The molecular weight excluding hydrogens is 712 g/mol. The number of aromatic amines is 1. The van der Waals surface area contributed by atoms with Crippen LogP contribution >= 0.6 is 27.3 Å². The fraction of sp³-hybridized carbons (Fsp3) is 0.231. The maximum Gasteiger partial charge on any atom is 0.252 e. The number of fused-ring (bicyclic) bond motifs is 14. The summed E-state index contributed by atoms with van der Waals surface area (Å²) in [6.07, 6.45) is 4.00. The molecule has 9 nitrogen and oxygen atoms in total. The summed E-state index contributed by atoms with van der Waals surface area (Å²) in [6, 6.07) is 23.1. The Morgan fingerprint density at radius 2 is 1.82 bits per heavy atom. The lowest BCUT2D eigenvalue weighted by Gasteiger charge is -2.50. The van der Waals surface area contributed by atoms with Gasteiger partial charge in [-0.1, -0.05) is 63.7 Å². The largest absolute Gasteiger partial charge is 0.374 e. The van der Waals surface area contributed by atoms with E-state index in [2.05, 4.69) is 127 Å². The van der Waals surface area contributed by atoms with Gasteiger partial charge in [0.15, 0.2) is 10.9 Å². The molecule has 0 spiro atoms. The Bertz CT molecular complexity index is 2780. The molecule has 2 bridgehead atoms. The number of para-hydroxylation sites is 2. The van der Waals surface area contributed by atoms with Crippen LogP contribution in [0.3, 0.4) is 0 Å². The number of halogens is 1. The third kappa shape index (κ3) is 3.53. The van der Waals surface area contributed by atoms with Crippen molar-refractivity contribution >= 4 is 92.8 Å². The lowest BCUT2D eigenvalue weighted by atomic mass is 9.92. The fourth-order valence-electron chi connectivity index (χ4n) is 9.38. The first-order valence-electron chi connectivity index (χ1n) is 16.8. The van der Waals surface area contributed by atoms with Crippen molar-refractivity contribution in [2.24, 2.45) is 0 Å². The number of hydrogen-bond donors (Lipinski definition) is 2. The zero-order chi connectivity index (χ0) is 33.6. The van der Waals surface area contributed by atoms with Crippen molar-refractivity contribution in [3.05, 3.63) is 94.7 Å². The lowest BCUT2D eigenvalue weighted by molar-refractivity contribution is -0.253. The van der Waals surface area contributed by atoms with Gasteiger partial charge in [-0.15, -0.1) is 0 Å². The second-order valence-electron chi connectivity index (χ2n) is 13.8. The second-order valence-corrected chi connectivity index (χ2v) is 15.7. The molecule has 4 atom stereocenters. The summed E-state index contributed by atoms with van der Waals surface area (Å²) in [7, 11) is 3.92. The molecule has 0 aliphatic carbocycles. The second kappa shape index (κ2) is 9.97. The molecule has 0 unspecified atom stereocenters. The predicted molar refractivity (Wildman–Crippen MR) is 202 cm³/mol. The molecule has 1 saturated heterocycles. The third-order valence-corrected chi connectivity index (χ3v) is 13.0. The third-order valence-electron chi connectivity index (χ3n) is 11.4. The number of aromatic nitrogens is 4. The van der Waals surface area contributed by atoms with E-state index >= 15 is 0 Å². The molecule has 4 aromatic carbocycles. The lowest BCUT2D eigenvalue weighted by Crippen LogP contribution is -2.60. The molecule has 1 fully saturated rings. The van der Waals surface area contributed by atoms with E-state index in [9.17, 15) is 4.79 Å². The number of amides is 1. The van der Waals surface area contributed by atoms with Crippen LogP contribution in [-0.4, -0.2) is 51.3 Å². The van der Waals surface area contributed by atoms with Gasteiger partial charge in [-0.05, 0) is 42.8 Å². The van der Waals surface area contributed by atoms with Crippen molar-refractivity contribution in [3.8, 4) is 10.4 Å². The van der Waals surface area contributed by atoms with Crippen LogP contribution in [0.1, 0.15) is 35.5 Å². The van der Waals surface area contributed by atoms with Gasteiger partial charge in [0.25, 0.3) is 5.91 Å². The van der Waals surface area contributed by atoms with E-state index in [-0.39, 0.29) is 24.3 Å². The van der Waals surface area contributed by atoms with Gasteiger partial charge in [-0.2, -0.15) is 0 Å².